The first-order valence-electron chi connectivity index (χ1n) is 6.60. The molecule has 2 heterocycles. The van der Waals surface area contributed by atoms with Gasteiger partial charge in [0, 0.05) is 12.4 Å². The zero-order valence-electron chi connectivity index (χ0n) is 11.3. The van der Waals surface area contributed by atoms with E-state index in [2.05, 4.69) is 33.0 Å². The number of nitrogens with zero attached hydrogens (tertiary/aromatic N) is 1. The minimum absolute atomic E-state index is 0.0680. The third-order valence-corrected chi connectivity index (χ3v) is 4.77. The maximum atomic E-state index is 5.64. The highest BCUT2D eigenvalue weighted by Crippen LogP contribution is 2.29. The van der Waals surface area contributed by atoms with Crippen molar-refractivity contribution in [3.05, 3.63) is 0 Å². The van der Waals surface area contributed by atoms with E-state index in [4.69, 9.17) is 9.73 Å². The van der Waals surface area contributed by atoms with Crippen LogP contribution < -0.4 is 5.32 Å². The molecule has 17 heavy (non-hydrogen) atoms. The first-order valence-corrected chi connectivity index (χ1v) is 7.58. The molecule has 0 aliphatic carbocycles. The molecule has 0 radical (unpaired) electrons. The van der Waals surface area contributed by atoms with Crippen molar-refractivity contribution in [1.29, 1.82) is 0 Å². The fraction of sp³-hybridized carbons (Fsp3) is 0.923. The van der Waals surface area contributed by atoms with Gasteiger partial charge in [-0.1, -0.05) is 25.6 Å². The number of nitrogens with one attached hydrogen (secondary N) is 1. The summed E-state index contributed by atoms with van der Waals surface area (Å²) in [6, 6.07) is 0.503. The predicted octanol–water partition coefficient (Wildman–Crippen LogP) is 2.66. The molecule has 2 rings (SSSR count). The van der Waals surface area contributed by atoms with Crippen LogP contribution in [0.2, 0.25) is 0 Å². The van der Waals surface area contributed by atoms with E-state index in [1.165, 1.54) is 6.42 Å². The Morgan fingerprint density at radius 3 is 2.94 bits per heavy atom. The van der Waals surface area contributed by atoms with E-state index in [1.54, 1.807) is 0 Å². The first kappa shape index (κ1) is 13.2. The highest BCUT2D eigenvalue weighted by atomic mass is 32.2. The molecule has 0 aromatic carbocycles. The van der Waals surface area contributed by atoms with E-state index >= 15 is 0 Å². The molecule has 1 N–H and O–H groups in total. The molecule has 0 aromatic heterocycles. The minimum Gasteiger partial charge on any atom is -0.376 e. The zero-order valence-corrected chi connectivity index (χ0v) is 12.1. The van der Waals surface area contributed by atoms with Crippen molar-refractivity contribution in [2.24, 2.45) is 10.9 Å². The third-order valence-electron chi connectivity index (χ3n) is 3.73. The van der Waals surface area contributed by atoms with E-state index in [9.17, 15) is 0 Å². The minimum atomic E-state index is 0.0680. The largest absolute Gasteiger partial charge is 0.376 e. The molecule has 3 atom stereocenters. The van der Waals surface area contributed by atoms with Gasteiger partial charge in [0.2, 0.25) is 0 Å². The molecule has 3 nitrogen and oxygen atoms in total. The van der Waals surface area contributed by atoms with Crippen LogP contribution in [0.25, 0.3) is 0 Å². The lowest BCUT2D eigenvalue weighted by Gasteiger charge is -2.29. The average molecular weight is 256 g/mol. The van der Waals surface area contributed by atoms with Gasteiger partial charge in [-0.15, -0.1) is 0 Å². The summed E-state index contributed by atoms with van der Waals surface area (Å²) in [5, 5.41) is 4.72. The highest BCUT2D eigenvalue weighted by Gasteiger charge is 2.38. The van der Waals surface area contributed by atoms with Gasteiger partial charge in [-0.25, -0.2) is 0 Å². The van der Waals surface area contributed by atoms with Crippen LogP contribution in [-0.2, 0) is 4.74 Å². The van der Waals surface area contributed by atoms with E-state index in [1.807, 2.05) is 11.8 Å². The number of thioether (sulfide) groups is 1. The van der Waals surface area contributed by atoms with Crippen LogP contribution in [0.1, 0.15) is 40.5 Å². The zero-order chi connectivity index (χ0) is 12.5. The molecule has 0 aromatic rings. The molecule has 3 unspecified atom stereocenters. The van der Waals surface area contributed by atoms with Gasteiger partial charge >= 0.3 is 0 Å². The van der Waals surface area contributed by atoms with Gasteiger partial charge < -0.3 is 10.1 Å². The smallest absolute Gasteiger partial charge is 0.157 e. The topological polar surface area (TPSA) is 33.6 Å². The lowest BCUT2D eigenvalue weighted by atomic mass is 9.95. The molecular weight excluding hydrogens is 232 g/mol. The van der Waals surface area contributed by atoms with Crippen molar-refractivity contribution in [3.63, 3.8) is 0 Å². The maximum Gasteiger partial charge on any atom is 0.157 e. The quantitative estimate of drug-likeness (QED) is 0.843. The summed E-state index contributed by atoms with van der Waals surface area (Å²) in [5.41, 5.74) is 0.0680. The summed E-state index contributed by atoms with van der Waals surface area (Å²) in [6.07, 6.45) is 2.54. The summed E-state index contributed by atoms with van der Waals surface area (Å²) >= 11 is 1.86. The number of amidine groups is 1. The highest BCUT2D eigenvalue weighted by molar-refractivity contribution is 8.14. The van der Waals surface area contributed by atoms with Crippen LogP contribution in [0.15, 0.2) is 4.99 Å². The molecule has 0 amide bonds. The third kappa shape index (κ3) is 3.16. The monoisotopic (exact) mass is 256 g/mol. The molecule has 2 aliphatic heterocycles. The van der Waals surface area contributed by atoms with E-state index in [0.717, 1.165) is 29.9 Å². The van der Waals surface area contributed by atoms with E-state index < -0.39 is 0 Å². The van der Waals surface area contributed by atoms with E-state index in [0.29, 0.717) is 6.04 Å². The molecular formula is C13H24N2OS. The SMILES string of the molecule is CC(C)CC1CSC(NC2(C)CCOC2C)=N1. The number of hydrogen-bond donors (Lipinski definition) is 1. The molecule has 0 saturated carbocycles. The van der Waals surface area contributed by atoms with Crippen molar-refractivity contribution in [2.75, 3.05) is 12.4 Å². The Bertz CT molecular complexity index is 306. The van der Waals surface area contributed by atoms with Crippen molar-refractivity contribution >= 4 is 16.9 Å². The Morgan fingerprint density at radius 2 is 2.35 bits per heavy atom. The van der Waals surface area contributed by atoms with Gasteiger partial charge in [0.05, 0.1) is 17.7 Å². The summed E-state index contributed by atoms with van der Waals surface area (Å²) in [6.45, 7) is 9.77. The lowest BCUT2D eigenvalue weighted by Crippen LogP contribution is -2.49. The van der Waals surface area contributed by atoms with Gasteiger partial charge in [-0.05, 0) is 32.6 Å². The number of aliphatic imine (C=N–C) groups is 1. The molecule has 0 bridgehead atoms. The first-order chi connectivity index (χ1) is 7.99. The van der Waals surface area contributed by atoms with Crippen LogP contribution in [0.4, 0.5) is 0 Å². The molecule has 2 aliphatic rings. The number of hydrogen-bond acceptors (Lipinski definition) is 4. The average Bonchev–Trinajstić information content (AvgIpc) is 2.76. The normalized spacial score (nSPS) is 37.6. The fourth-order valence-electron chi connectivity index (χ4n) is 2.39. The van der Waals surface area contributed by atoms with Gasteiger partial charge in [0.1, 0.15) is 0 Å². The van der Waals surface area contributed by atoms with Gasteiger partial charge in [0.25, 0.3) is 0 Å². The molecule has 0 spiro atoms. The van der Waals surface area contributed by atoms with Gasteiger partial charge in [-0.2, -0.15) is 0 Å². The Morgan fingerprint density at radius 1 is 1.59 bits per heavy atom. The number of ether oxygens (including phenoxy) is 1. The molecule has 4 heteroatoms. The maximum absolute atomic E-state index is 5.64. The predicted molar refractivity (Wildman–Crippen MR) is 74.7 cm³/mol. The van der Waals surface area contributed by atoms with Gasteiger partial charge in [-0.3, -0.25) is 4.99 Å². The Labute approximate surface area is 109 Å². The van der Waals surface area contributed by atoms with Gasteiger partial charge in [0.15, 0.2) is 5.17 Å². The summed E-state index contributed by atoms with van der Waals surface area (Å²) in [4.78, 5) is 4.78. The molecule has 98 valence electrons. The Hall–Kier alpha value is -0.220. The summed E-state index contributed by atoms with van der Waals surface area (Å²) < 4.78 is 5.64. The van der Waals surface area contributed by atoms with E-state index in [-0.39, 0.29) is 11.6 Å². The second-order valence-electron chi connectivity index (χ2n) is 5.83. The molecule has 1 fully saturated rings. The second-order valence-corrected chi connectivity index (χ2v) is 6.84. The molecule has 1 saturated heterocycles. The van der Waals surface area contributed by atoms with Crippen molar-refractivity contribution < 1.29 is 4.74 Å². The van der Waals surface area contributed by atoms with Crippen LogP contribution in [0.3, 0.4) is 0 Å². The van der Waals surface area contributed by atoms with Crippen LogP contribution in [-0.4, -0.2) is 35.2 Å². The fourth-order valence-corrected chi connectivity index (χ4v) is 3.48. The second kappa shape index (κ2) is 5.19. The summed E-state index contributed by atoms with van der Waals surface area (Å²) in [7, 11) is 0. The summed E-state index contributed by atoms with van der Waals surface area (Å²) in [5.74, 6) is 1.86. The standard InChI is InChI=1S/C13H24N2OS/c1-9(2)7-11-8-17-12(14-11)15-13(4)5-6-16-10(13)3/h9-11H,5-8H2,1-4H3,(H,14,15). The lowest BCUT2D eigenvalue weighted by molar-refractivity contribution is 0.0950. The Balaban J connectivity index is 1.91. The Kier molecular flexibility index (Phi) is 4.03. The van der Waals surface area contributed by atoms with Crippen molar-refractivity contribution in [2.45, 2.75) is 58.2 Å². The number of rotatable bonds is 3. The van der Waals surface area contributed by atoms with Crippen LogP contribution in [0, 0.1) is 5.92 Å². The van der Waals surface area contributed by atoms with Crippen LogP contribution >= 0.6 is 11.8 Å². The van der Waals surface area contributed by atoms with Crippen LogP contribution in [0.5, 0.6) is 0 Å². The van der Waals surface area contributed by atoms with Crippen molar-refractivity contribution in [3.8, 4) is 0 Å². The van der Waals surface area contributed by atoms with Crippen molar-refractivity contribution in [1.82, 2.24) is 5.32 Å².